The van der Waals surface area contributed by atoms with Crippen molar-refractivity contribution in [1.29, 1.82) is 0 Å². The van der Waals surface area contributed by atoms with Gasteiger partial charge in [0.1, 0.15) is 12.2 Å². The molecule has 0 spiro atoms. The number of anilines is 1. The van der Waals surface area contributed by atoms with Gasteiger partial charge in [0.25, 0.3) is 0 Å². The first-order valence-corrected chi connectivity index (χ1v) is 12.0. The van der Waals surface area contributed by atoms with Gasteiger partial charge in [-0.05, 0) is 50.6 Å². The number of hydrogen-bond donors (Lipinski definition) is 0. The zero-order valence-electron chi connectivity index (χ0n) is 20.4. The Morgan fingerprint density at radius 1 is 0.912 bits per heavy atom. The largest absolute Gasteiger partial charge is 0.456 e. The third kappa shape index (κ3) is 6.50. The highest BCUT2D eigenvalue weighted by Crippen LogP contribution is 2.26. The molecule has 0 unspecified atom stereocenters. The number of carbonyl (C=O) groups is 2. The highest BCUT2D eigenvalue weighted by atomic mass is 16.6. The van der Waals surface area contributed by atoms with Crippen LogP contribution in [0.25, 0.3) is 0 Å². The minimum atomic E-state index is -0.492. The van der Waals surface area contributed by atoms with E-state index in [0.717, 1.165) is 44.0 Å². The monoisotopic (exact) mass is 465 g/mol. The molecule has 7 heteroatoms. The second-order valence-electron chi connectivity index (χ2n) is 10.1. The van der Waals surface area contributed by atoms with Crippen molar-refractivity contribution in [3.05, 3.63) is 65.7 Å². The van der Waals surface area contributed by atoms with E-state index in [9.17, 15) is 9.59 Å². The van der Waals surface area contributed by atoms with Crippen LogP contribution in [0.5, 0.6) is 0 Å². The number of ether oxygens (including phenoxy) is 2. The maximum atomic E-state index is 12.4. The van der Waals surface area contributed by atoms with Gasteiger partial charge in [-0.15, -0.1) is 0 Å². The number of nitrogens with zero attached hydrogens (tertiary/aromatic N) is 3. The first kappa shape index (κ1) is 24.1. The second kappa shape index (κ2) is 10.5. The average Bonchev–Trinajstić information content (AvgIpc) is 2.80. The van der Waals surface area contributed by atoms with Crippen molar-refractivity contribution < 1.29 is 19.1 Å². The first-order chi connectivity index (χ1) is 16.3. The topological polar surface area (TPSA) is 62.3 Å². The first-order valence-electron chi connectivity index (χ1n) is 12.0. The highest BCUT2D eigenvalue weighted by Gasteiger charge is 2.31. The summed E-state index contributed by atoms with van der Waals surface area (Å²) < 4.78 is 10.9. The molecule has 0 aromatic heterocycles. The molecule has 4 rings (SSSR count). The summed E-state index contributed by atoms with van der Waals surface area (Å²) >= 11 is 0. The molecule has 7 nitrogen and oxygen atoms in total. The fourth-order valence-corrected chi connectivity index (χ4v) is 4.33. The lowest BCUT2D eigenvalue weighted by Gasteiger charge is -2.44. The van der Waals surface area contributed by atoms with Gasteiger partial charge in [-0.3, -0.25) is 4.90 Å². The Morgan fingerprint density at radius 3 is 2.18 bits per heavy atom. The van der Waals surface area contributed by atoms with E-state index in [1.54, 1.807) is 4.90 Å². The van der Waals surface area contributed by atoms with Crippen molar-refractivity contribution in [2.75, 3.05) is 50.7 Å². The maximum absolute atomic E-state index is 12.4. The van der Waals surface area contributed by atoms with E-state index in [2.05, 4.69) is 9.80 Å². The molecule has 1 amide bonds. The summed E-state index contributed by atoms with van der Waals surface area (Å²) in [4.78, 5) is 31.1. The van der Waals surface area contributed by atoms with Crippen molar-refractivity contribution >= 4 is 17.7 Å². The quantitative estimate of drug-likeness (QED) is 0.601. The summed E-state index contributed by atoms with van der Waals surface area (Å²) in [7, 11) is 0. The van der Waals surface area contributed by atoms with Crippen molar-refractivity contribution in [1.82, 2.24) is 9.80 Å². The Kier molecular flexibility index (Phi) is 7.41. The molecule has 2 saturated heterocycles. The Balaban J connectivity index is 1.15. The summed E-state index contributed by atoms with van der Waals surface area (Å²) in [5.74, 6) is 0.325. The van der Waals surface area contributed by atoms with E-state index in [1.807, 2.05) is 75.4 Å². The molecule has 34 heavy (non-hydrogen) atoms. The second-order valence-corrected chi connectivity index (χ2v) is 10.1. The van der Waals surface area contributed by atoms with Gasteiger partial charge in [-0.25, -0.2) is 9.59 Å². The van der Waals surface area contributed by atoms with Crippen molar-refractivity contribution in [2.45, 2.75) is 33.0 Å². The van der Waals surface area contributed by atoms with Gasteiger partial charge in [0.15, 0.2) is 0 Å². The Labute approximate surface area is 202 Å². The van der Waals surface area contributed by atoms with Crippen LogP contribution in [0.15, 0.2) is 54.6 Å². The molecule has 0 aliphatic carbocycles. The number of rotatable bonds is 6. The SMILES string of the molecule is CC(C)(C)OC(=O)c1ccc(N2CC(CN3CCN(C(=O)OCc4ccccc4)CC3)C2)cc1. The van der Waals surface area contributed by atoms with E-state index in [1.165, 1.54) is 0 Å². The van der Waals surface area contributed by atoms with Gasteiger partial charge >= 0.3 is 12.1 Å². The predicted octanol–water partition coefficient (Wildman–Crippen LogP) is 4.03. The van der Waals surface area contributed by atoms with Crippen LogP contribution in [0.1, 0.15) is 36.7 Å². The maximum Gasteiger partial charge on any atom is 0.410 e. The zero-order chi connectivity index (χ0) is 24.1. The number of amides is 1. The Morgan fingerprint density at radius 2 is 1.56 bits per heavy atom. The van der Waals surface area contributed by atoms with Crippen LogP contribution in [0.4, 0.5) is 10.5 Å². The smallest absolute Gasteiger partial charge is 0.410 e. The predicted molar refractivity (Wildman–Crippen MR) is 132 cm³/mol. The Bertz CT molecular complexity index is 958. The van der Waals surface area contributed by atoms with Crippen LogP contribution in [-0.4, -0.2) is 73.3 Å². The van der Waals surface area contributed by atoms with Crippen molar-refractivity contribution in [3.8, 4) is 0 Å². The lowest BCUT2D eigenvalue weighted by molar-refractivity contribution is 0.00694. The molecular weight excluding hydrogens is 430 g/mol. The number of hydrogen-bond acceptors (Lipinski definition) is 6. The molecule has 2 fully saturated rings. The van der Waals surface area contributed by atoms with Gasteiger partial charge in [-0.1, -0.05) is 30.3 Å². The molecule has 2 heterocycles. The van der Waals surface area contributed by atoms with E-state index in [4.69, 9.17) is 9.47 Å². The molecule has 2 aliphatic heterocycles. The third-order valence-electron chi connectivity index (χ3n) is 6.18. The van der Waals surface area contributed by atoms with Crippen LogP contribution in [0.3, 0.4) is 0 Å². The molecule has 2 aliphatic rings. The van der Waals surface area contributed by atoms with Crippen LogP contribution in [-0.2, 0) is 16.1 Å². The standard InChI is InChI=1S/C27H35N3O4/c1-27(2,3)34-25(31)23-9-11-24(12-10-23)30-18-22(19-30)17-28-13-15-29(16-14-28)26(32)33-20-21-7-5-4-6-8-21/h4-12,22H,13-20H2,1-3H3. The van der Waals surface area contributed by atoms with Crippen molar-refractivity contribution in [3.63, 3.8) is 0 Å². The normalized spacial score (nSPS) is 17.3. The van der Waals surface area contributed by atoms with Crippen LogP contribution in [0.2, 0.25) is 0 Å². The van der Waals surface area contributed by atoms with Gasteiger partial charge in [0.2, 0.25) is 0 Å². The lowest BCUT2D eigenvalue weighted by atomic mass is 9.98. The van der Waals surface area contributed by atoms with Gasteiger partial charge < -0.3 is 19.3 Å². The molecule has 0 saturated carbocycles. The summed E-state index contributed by atoms with van der Waals surface area (Å²) in [6.07, 6.45) is -0.229. The third-order valence-corrected chi connectivity index (χ3v) is 6.18. The molecule has 2 aromatic rings. The number of benzene rings is 2. The van der Waals surface area contributed by atoms with Gasteiger partial charge in [0.05, 0.1) is 5.56 Å². The zero-order valence-corrected chi connectivity index (χ0v) is 20.4. The van der Waals surface area contributed by atoms with E-state index >= 15 is 0 Å². The van der Waals surface area contributed by atoms with Gasteiger partial charge in [0, 0.05) is 57.4 Å². The van der Waals surface area contributed by atoms with E-state index in [-0.39, 0.29) is 12.1 Å². The van der Waals surface area contributed by atoms with Crippen LogP contribution in [0, 0.1) is 5.92 Å². The van der Waals surface area contributed by atoms with Crippen LogP contribution >= 0.6 is 0 Å². The molecule has 0 N–H and O–H groups in total. The molecule has 2 aromatic carbocycles. The number of esters is 1. The van der Waals surface area contributed by atoms with Gasteiger partial charge in [-0.2, -0.15) is 0 Å². The summed E-state index contributed by atoms with van der Waals surface area (Å²) in [5.41, 5.74) is 2.22. The summed E-state index contributed by atoms with van der Waals surface area (Å²) in [6.45, 7) is 12.1. The summed E-state index contributed by atoms with van der Waals surface area (Å²) in [5, 5.41) is 0. The van der Waals surface area contributed by atoms with E-state index < -0.39 is 5.60 Å². The average molecular weight is 466 g/mol. The minimum Gasteiger partial charge on any atom is -0.456 e. The number of piperazine rings is 1. The lowest BCUT2D eigenvalue weighted by Crippen LogP contribution is -2.55. The molecule has 0 atom stereocenters. The van der Waals surface area contributed by atoms with E-state index in [0.29, 0.717) is 31.2 Å². The summed E-state index contributed by atoms with van der Waals surface area (Å²) in [6, 6.07) is 17.4. The van der Waals surface area contributed by atoms with Crippen molar-refractivity contribution in [2.24, 2.45) is 5.92 Å². The Hall–Kier alpha value is -3.06. The fourth-order valence-electron chi connectivity index (χ4n) is 4.33. The fraction of sp³-hybridized carbons (Fsp3) is 0.481. The molecular formula is C27H35N3O4. The number of carbonyl (C=O) groups excluding carboxylic acids is 2. The van der Waals surface area contributed by atoms with Crippen LogP contribution < -0.4 is 4.90 Å². The highest BCUT2D eigenvalue weighted by molar-refractivity contribution is 5.90. The minimum absolute atomic E-state index is 0.229. The molecule has 182 valence electrons. The molecule has 0 bridgehead atoms. The molecule has 0 radical (unpaired) electrons.